The van der Waals surface area contributed by atoms with E-state index in [9.17, 15) is 0 Å². The van der Waals surface area contributed by atoms with E-state index >= 15 is 0 Å². The molecule has 3 heteroatoms. The van der Waals surface area contributed by atoms with E-state index in [0.717, 1.165) is 0 Å². The van der Waals surface area contributed by atoms with Gasteiger partial charge in [-0.05, 0) is 17.8 Å². The van der Waals surface area contributed by atoms with Crippen LogP contribution in [0.5, 0.6) is 0 Å². The molecule has 0 amide bonds. The van der Waals surface area contributed by atoms with Crippen LogP contribution in [0.4, 0.5) is 0 Å². The highest BCUT2D eigenvalue weighted by molar-refractivity contribution is 5.27. The Kier molecular flexibility index (Phi) is 2.07. The highest BCUT2D eigenvalue weighted by Gasteiger charge is 1.98. The van der Waals surface area contributed by atoms with Gasteiger partial charge in [0.2, 0.25) is 17.5 Å². The topological polar surface area (TPSA) is 38.7 Å². The number of hydrogen-bond donors (Lipinski definition) is 0. The molecule has 1 aromatic heterocycles. The summed E-state index contributed by atoms with van der Waals surface area (Å²) in [5.74, 6) is 7.14. The summed E-state index contributed by atoms with van der Waals surface area (Å²) in [7, 11) is 0. The monoisotopic (exact) mass is 153 g/mol. The number of rotatable bonds is 0. The lowest BCUT2D eigenvalue weighted by Crippen LogP contribution is -2.00. The van der Waals surface area contributed by atoms with Gasteiger partial charge >= 0.3 is 0 Å². The van der Waals surface area contributed by atoms with E-state index in [2.05, 4.69) is 32.7 Å². The second kappa shape index (κ2) is 3.19. The minimum atomic E-state index is 0.158. The van der Waals surface area contributed by atoms with Gasteiger partial charge in [-0.25, -0.2) is 0 Å². The summed E-state index contributed by atoms with van der Waals surface area (Å²) in [6.07, 6.45) is 15.2. The second-order valence-electron chi connectivity index (χ2n) is 1.74. The van der Waals surface area contributed by atoms with Crippen LogP contribution in [0.15, 0.2) is 0 Å². The van der Waals surface area contributed by atoms with Gasteiger partial charge in [0.05, 0.1) is 0 Å². The maximum absolute atomic E-state index is 5.06. The van der Waals surface area contributed by atoms with Crippen molar-refractivity contribution in [3.63, 3.8) is 0 Å². The van der Waals surface area contributed by atoms with Crippen LogP contribution in [-0.2, 0) is 0 Å². The molecule has 1 aromatic rings. The standard InChI is InChI=1S/C9H3N3/c1-4-7-10-8(5-2)12-9(6-3)11-7/h1-3H. The Morgan fingerprint density at radius 3 is 1.08 bits per heavy atom. The molecule has 0 spiro atoms. The summed E-state index contributed by atoms with van der Waals surface area (Å²) in [4.78, 5) is 11.2. The van der Waals surface area contributed by atoms with E-state index < -0.39 is 0 Å². The molecule has 0 fully saturated rings. The molecule has 0 bridgehead atoms. The molecule has 0 aromatic carbocycles. The fourth-order valence-electron chi connectivity index (χ4n) is 0.570. The van der Waals surface area contributed by atoms with Gasteiger partial charge in [-0.2, -0.15) is 15.0 Å². The Balaban J connectivity index is 3.36. The highest BCUT2D eigenvalue weighted by Crippen LogP contribution is 1.91. The van der Waals surface area contributed by atoms with E-state index in [1.165, 1.54) is 0 Å². The zero-order valence-electron chi connectivity index (χ0n) is 6.07. The van der Waals surface area contributed by atoms with Gasteiger partial charge in [0.15, 0.2) is 0 Å². The lowest BCUT2D eigenvalue weighted by Gasteiger charge is -1.92. The van der Waals surface area contributed by atoms with Crippen molar-refractivity contribution in [2.75, 3.05) is 0 Å². The van der Waals surface area contributed by atoms with Crippen molar-refractivity contribution >= 4 is 0 Å². The Morgan fingerprint density at radius 1 is 0.667 bits per heavy atom. The lowest BCUT2D eigenvalue weighted by molar-refractivity contribution is 0.978. The van der Waals surface area contributed by atoms with Gasteiger partial charge in [0, 0.05) is 0 Å². The largest absolute Gasteiger partial charge is 0.209 e. The second-order valence-corrected chi connectivity index (χ2v) is 1.74. The molecular formula is C9H3N3. The molecule has 1 rings (SSSR count). The van der Waals surface area contributed by atoms with E-state index in [0.29, 0.717) is 0 Å². The molecule has 0 saturated carbocycles. The molecule has 0 aliphatic rings. The van der Waals surface area contributed by atoms with Crippen LogP contribution in [0.25, 0.3) is 0 Å². The molecule has 0 radical (unpaired) electrons. The summed E-state index contributed by atoms with van der Waals surface area (Å²) in [6, 6.07) is 0. The average Bonchev–Trinajstić information content (AvgIpc) is 2.16. The molecule has 0 aliphatic carbocycles. The smallest absolute Gasteiger partial charge is 0.193 e. The SMILES string of the molecule is C#Cc1nc(C#C)nc(C#C)n1. The van der Waals surface area contributed by atoms with Crippen molar-refractivity contribution in [3.05, 3.63) is 17.5 Å². The van der Waals surface area contributed by atoms with Crippen molar-refractivity contribution < 1.29 is 0 Å². The van der Waals surface area contributed by atoms with Crippen LogP contribution in [0.2, 0.25) is 0 Å². The van der Waals surface area contributed by atoms with Gasteiger partial charge < -0.3 is 0 Å². The van der Waals surface area contributed by atoms with Crippen molar-refractivity contribution in [3.8, 4) is 37.0 Å². The highest BCUT2D eigenvalue weighted by atomic mass is 15.0. The van der Waals surface area contributed by atoms with Crippen LogP contribution in [0.1, 0.15) is 17.5 Å². The van der Waals surface area contributed by atoms with Gasteiger partial charge in [0.25, 0.3) is 0 Å². The maximum atomic E-state index is 5.06. The first kappa shape index (κ1) is 7.79. The zero-order valence-corrected chi connectivity index (χ0v) is 6.07. The van der Waals surface area contributed by atoms with Crippen LogP contribution in [-0.4, -0.2) is 15.0 Å². The third-order valence-electron chi connectivity index (χ3n) is 1.02. The van der Waals surface area contributed by atoms with E-state index in [1.54, 1.807) is 0 Å². The third kappa shape index (κ3) is 1.40. The molecule has 3 nitrogen and oxygen atoms in total. The summed E-state index contributed by atoms with van der Waals surface area (Å²) < 4.78 is 0. The Bertz CT molecular complexity index is 348. The fraction of sp³-hybridized carbons (Fsp3) is 0. The predicted molar refractivity (Wildman–Crippen MR) is 43.6 cm³/mol. The summed E-state index contributed by atoms with van der Waals surface area (Å²) in [6.45, 7) is 0. The van der Waals surface area contributed by atoms with Gasteiger partial charge in [-0.15, -0.1) is 19.3 Å². The van der Waals surface area contributed by atoms with E-state index in [1.807, 2.05) is 0 Å². The first-order valence-electron chi connectivity index (χ1n) is 2.96. The normalized spacial score (nSPS) is 7.75. The summed E-state index contributed by atoms with van der Waals surface area (Å²) in [5.41, 5.74) is 0. The number of hydrogen-bond acceptors (Lipinski definition) is 3. The zero-order chi connectivity index (χ0) is 8.97. The van der Waals surface area contributed by atoms with Crippen molar-refractivity contribution in [2.45, 2.75) is 0 Å². The van der Waals surface area contributed by atoms with E-state index in [-0.39, 0.29) is 17.5 Å². The van der Waals surface area contributed by atoms with Gasteiger partial charge in [0.1, 0.15) is 0 Å². The van der Waals surface area contributed by atoms with Gasteiger partial charge in [-0.3, -0.25) is 0 Å². The van der Waals surface area contributed by atoms with Crippen molar-refractivity contribution in [1.29, 1.82) is 0 Å². The molecule has 1 heterocycles. The van der Waals surface area contributed by atoms with Crippen LogP contribution < -0.4 is 0 Å². The summed E-state index contributed by atoms with van der Waals surface area (Å²) >= 11 is 0. The Hall–Kier alpha value is -2.31. The minimum absolute atomic E-state index is 0.158. The molecule has 0 saturated heterocycles. The Labute approximate surface area is 70.3 Å². The number of aromatic nitrogens is 3. The number of nitrogens with zero attached hydrogens (tertiary/aromatic N) is 3. The molecule has 12 heavy (non-hydrogen) atoms. The van der Waals surface area contributed by atoms with Crippen LogP contribution in [0, 0.1) is 37.0 Å². The quantitative estimate of drug-likeness (QED) is 0.485. The third-order valence-corrected chi connectivity index (χ3v) is 1.02. The maximum Gasteiger partial charge on any atom is 0.209 e. The van der Waals surface area contributed by atoms with Crippen LogP contribution >= 0.6 is 0 Å². The molecule has 0 unspecified atom stereocenters. The lowest BCUT2D eigenvalue weighted by atomic mass is 10.5. The molecular weight excluding hydrogens is 150 g/mol. The van der Waals surface area contributed by atoms with Crippen molar-refractivity contribution in [1.82, 2.24) is 15.0 Å². The molecule has 0 N–H and O–H groups in total. The predicted octanol–water partition coefficient (Wildman–Crippen LogP) is -0.185. The molecule has 0 aliphatic heterocycles. The average molecular weight is 153 g/mol. The minimum Gasteiger partial charge on any atom is -0.193 e. The van der Waals surface area contributed by atoms with Gasteiger partial charge in [-0.1, -0.05) is 0 Å². The van der Waals surface area contributed by atoms with E-state index in [4.69, 9.17) is 19.3 Å². The number of terminal acetylenes is 3. The molecule has 54 valence electrons. The summed E-state index contributed by atoms with van der Waals surface area (Å²) in [5, 5.41) is 0. The molecule has 0 atom stereocenters. The fourth-order valence-corrected chi connectivity index (χ4v) is 0.570. The first-order chi connectivity index (χ1) is 5.80. The van der Waals surface area contributed by atoms with Crippen molar-refractivity contribution in [2.24, 2.45) is 0 Å². The first-order valence-corrected chi connectivity index (χ1v) is 2.96. The Morgan fingerprint density at radius 2 is 0.917 bits per heavy atom. The van der Waals surface area contributed by atoms with Crippen LogP contribution in [0.3, 0.4) is 0 Å².